The molecule has 0 atom stereocenters. The van der Waals surface area contributed by atoms with Gasteiger partial charge in [0.2, 0.25) is 0 Å². The number of aliphatic hydroxyl groups excluding tert-OH is 1. The Labute approximate surface area is 97.8 Å². The summed E-state index contributed by atoms with van der Waals surface area (Å²) in [5, 5.41) is 15.8. The van der Waals surface area contributed by atoms with E-state index in [0.29, 0.717) is 17.7 Å². The van der Waals surface area contributed by atoms with Gasteiger partial charge in [-0.2, -0.15) is 5.10 Å². The van der Waals surface area contributed by atoms with Gasteiger partial charge in [-0.05, 0) is 30.8 Å². The van der Waals surface area contributed by atoms with E-state index in [9.17, 15) is 0 Å². The van der Waals surface area contributed by atoms with Crippen LogP contribution in [0, 0.1) is 4.77 Å². The largest absolute Gasteiger partial charge is 0.396 e. The predicted octanol–water partition coefficient (Wildman–Crippen LogP) is 1.39. The van der Waals surface area contributed by atoms with Crippen LogP contribution in [0.3, 0.4) is 0 Å². The van der Waals surface area contributed by atoms with Crippen LogP contribution < -0.4 is 0 Å². The van der Waals surface area contributed by atoms with Crippen LogP contribution in [0.25, 0.3) is 11.4 Å². The molecule has 0 fully saturated rings. The van der Waals surface area contributed by atoms with Gasteiger partial charge in [0.25, 0.3) is 0 Å². The summed E-state index contributed by atoms with van der Waals surface area (Å²) in [4.78, 5) is 3.96. The van der Waals surface area contributed by atoms with Gasteiger partial charge in [0.15, 0.2) is 10.6 Å². The number of H-pyrrole nitrogens is 1. The molecule has 2 rings (SSSR count). The molecule has 0 spiro atoms. The molecular weight excluding hydrogens is 224 g/mol. The lowest BCUT2D eigenvalue weighted by Crippen LogP contribution is -2.02. The molecule has 16 heavy (non-hydrogen) atoms. The van der Waals surface area contributed by atoms with Crippen molar-refractivity contribution < 1.29 is 5.11 Å². The highest BCUT2D eigenvalue weighted by molar-refractivity contribution is 7.71. The fraction of sp³-hybridized carbons (Fsp3) is 0.300. The molecule has 5 nitrogen and oxygen atoms in total. The molecule has 0 radical (unpaired) electrons. The number of aromatic nitrogens is 4. The number of hydrogen-bond donors (Lipinski definition) is 2. The smallest absolute Gasteiger partial charge is 0.195 e. The van der Waals surface area contributed by atoms with Crippen molar-refractivity contribution in [1.29, 1.82) is 0 Å². The summed E-state index contributed by atoms with van der Waals surface area (Å²) in [5.74, 6) is 0.779. The van der Waals surface area contributed by atoms with Crippen LogP contribution in [0.4, 0.5) is 0 Å². The topological polar surface area (TPSA) is 66.7 Å². The Hall–Kier alpha value is -1.53. The molecule has 2 N–H and O–H groups in total. The molecular formula is C10H12N4OS. The predicted molar refractivity (Wildman–Crippen MR) is 62.3 cm³/mol. The average Bonchev–Trinajstić information content (AvgIpc) is 2.69. The number of rotatable bonds is 4. The van der Waals surface area contributed by atoms with E-state index in [1.54, 1.807) is 12.4 Å². The summed E-state index contributed by atoms with van der Waals surface area (Å²) in [6, 6.07) is 3.75. The van der Waals surface area contributed by atoms with Crippen molar-refractivity contribution in [2.45, 2.75) is 13.0 Å². The molecule has 0 bridgehead atoms. The summed E-state index contributed by atoms with van der Waals surface area (Å²) >= 11 is 5.13. The van der Waals surface area contributed by atoms with Crippen molar-refractivity contribution in [2.75, 3.05) is 6.61 Å². The maximum absolute atomic E-state index is 8.83. The lowest BCUT2D eigenvalue weighted by atomic mass is 10.2. The zero-order valence-corrected chi connectivity index (χ0v) is 9.44. The van der Waals surface area contributed by atoms with Crippen LogP contribution in [-0.2, 0) is 6.54 Å². The summed E-state index contributed by atoms with van der Waals surface area (Å²) in [5.41, 5.74) is 0.959. The van der Waals surface area contributed by atoms with E-state index in [0.717, 1.165) is 11.4 Å². The Kier molecular flexibility index (Phi) is 3.43. The van der Waals surface area contributed by atoms with Crippen molar-refractivity contribution in [3.05, 3.63) is 29.3 Å². The first kappa shape index (κ1) is 11.0. The first-order valence-corrected chi connectivity index (χ1v) is 5.40. The van der Waals surface area contributed by atoms with Crippen molar-refractivity contribution in [3.8, 4) is 11.4 Å². The van der Waals surface area contributed by atoms with Crippen LogP contribution in [-0.4, -0.2) is 31.5 Å². The highest BCUT2D eigenvalue weighted by Crippen LogP contribution is 2.15. The van der Waals surface area contributed by atoms with Gasteiger partial charge >= 0.3 is 0 Å². The minimum absolute atomic E-state index is 0.142. The number of pyridine rings is 1. The lowest BCUT2D eigenvalue weighted by molar-refractivity contribution is 0.279. The Morgan fingerprint density at radius 1 is 1.38 bits per heavy atom. The average molecular weight is 236 g/mol. The molecule has 6 heteroatoms. The van der Waals surface area contributed by atoms with Gasteiger partial charge in [-0.25, -0.2) is 0 Å². The Bertz CT molecular complexity index is 505. The van der Waals surface area contributed by atoms with Crippen molar-refractivity contribution >= 4 is 12.2 Å². The van der Waals surface area contributed by atoms with Crippen LogP contribution in [0.2, 0.25) is 0 Å². The van der Waals surface area contributed by atoms with E-state index < -0.39 is 0 Å². The summed E-state index contributed by atoms with van der Waals surface area (Å²) in [6.45, 7) is 0.798. The molecule has 2 heterocycles. The zero-order chi connectivity index (χ0) is 11.4. The normalized spacial score (nSPS) is 10.6. The Morgan fingerprint density at radius 2 is 2.12 bits per heavy atom. The Morgan fingerprint density at radius 3 is 2.81 bits per heavy atom. The third kappa shape index (κ3) is 2.17. The van der Waals surface area contributed by atoms with Crippen molar-refractivity contribution in [1.82, 2.24) is 19.7 Å². The quantitative estimate of drug-likeness (QED) is 0.787. The monoisotopic (exact) mass is 236 g/mol. The van der Waals surface area contributed by atoms with Gasteiger partial charge in [0.05, 0.1) is 0 Å². The molecule has 0 aliphatic carbocycles. The van der Waals surface area contributed by atoms with Gasteiger partial charge in [-0.3, -0.25) is 10.1 Å². The third-order valence-corrected chi connectivity index (χ3v) is 2.55. The first-order valence-electron chi connectivity index (χ1n) is 4.99. The van der Waals surface area contributed by atoms with Gasteiger partial charge in [0, 0.05) is 31.1 Å². The second kappa shape index (κ2) is 5.00. The Balaban J connectivity index is 2.38. The highest BCUT2D eigenvalue weighted by Gasteiger charge is 2.07. The standard InChI is InChI=1S/C10H12N4OS/c15-7-1-6-14-9(12-13-10(14)16)8-2-4-11-5-3-8/h2-5,15H,1,6-7H2,(H,13,16). The van der Waals surface area contributed by atoms with Crippen molar-refractivity contribution in [2.24, 2.45) is 0 Å². The lowest BCUT2D eigenvalue weighted by Gasteiger charge is -2.04. The fourth-order valence-electron chi connectivity index (χ4n) is 1.48. The molecule has 0 unspecified atom stereocenters. The SMILES string of the molecule is OCCCn1c(-c2ccncc2)n[nH]c1=S. The van der Waals surface area contributed by atoms with E-state index in [2.05, 4.69) is 15.2 Å². The second-order valence-corrected chi connectivity index (χ2v) is 3.70. The molecule has 0 aliphatic rings. The van der Waals surface area contributed by atoms with Gasteiger partial charge in [-0.15, -0.1) is 0 Å². The molecule has 0 aromatic carbocycles. The molecule has 0 saturated heterocycles. The molecule has 2 aromatic heterocycles. The van der Waals surface area contributed by atoms with Crippen molar-refractivity contribution in [3.63, 3.8) is 0 Å². The number of aliphatic hydroxyl groups is 1. The number of hydrogen-bond acceptors (Lipinski definition) is 4. The van der Waals surface area contributed by atoms with E-state index in [1.165, 1.54) is 0 Å². The summed E-state index contributed by atoms with van der Waals surface area (Å²) in [7, 11) is 0. The zero-order valence-electron chi connectivity index (χ0n) is 8.63. The highest BCUT2D eigenvalue weighted by atomic mass is 32.1. The van der Waals surface area contributed by atoms with Gasteiger partial charge < -0.3 is 9.67 Å². The number of nitrogens with one attached hydrogen (secondary N) is 1. The summed E-state index contributed by atoms with van der Waals surface area (Å²) < 4.78 is 2.45. The number of aromatic amines is 1. The number of nitrogens with zero attached hydrogens (tertiary/aromatic N) is 3. The molecule has 84 valence electrons. The minimum atomic E-state index is 0.142. The van der Waals surface area contributed by atoms with Crippen LogP contribution in [0.15, 0.2) is 24.5 Å². The van der Waals surface area contributed by atoms with E-state index >= 15 is 0 Å². The molecule has 0 amide bonds. The third-order valence-electron chi connectivity index (χ3n) is 2.24. The maximum atomic E-state index is 8.83. The van der Waals surface area contributed by atoms with E-state index in [1.807, 2.05) is 16.7 Å². The van der Waals surface area contributed by atoms with Gasteiger partial charge in [0.1, 0.15) is 0 Å². The van der Waals surface area contributed by atoms with Crippen LogP contribution in [0.1, 0.15) is 6.42 Å². The van der Waals surface area contributed by atoms with Crippen LogP contribution >= 0.6 is 12.2 Å². The fourth-order valence-corrected chi connectivity index (χ4v) is 1.70. The summed E-state index contributed by atoms with van der Waals surface area (Å²) in [6.07, 6.45) is 4.08. The first-order chi connectivity index (χ1) is 7.83. The van der Waals surface area contributed by atoms with E-state index in [-0.39, 0.29) is 6.61 Å². The minimum Gasteiger partial charge on any atom is -0.396 e. The van der Waals surface area contributed by atoms with Gasteiger partial charge in [-0.1, -0.05) is 0 Å². The maximum Gasteiger partial charge on any atom is 0.195 e. The molecule has 0 saturated carbocycles. The molecule has 2 aromatic rings. The van der Waals surface area contributed by atoms with Crippen LogP contribution in [0.5, 0.6) is 0 Å². The molecule has 0 aliphatic heterocycles. The second-order valence-electron chi connectivity index (χ2n) is 3.32. The van der Waals surface area contributed by atoms with E-state index in [4.69, 9.17) is 17.3 Å².